The second-order valence-electron chi connectivity index (χ2n) is 4.36. The molecule has 0 bridgehead atoms. The number of anilines is 1. The minimum absolute atomic E-state index is 0.290. The fraction of sp³-hybridized carbons (Fsp3) is 0. The van der Waals surface area contributed by atoms with E-state index in [0.29, 0.717) is 16.3 Å². The molecule has 0 radical (unpaired) electrons. The van der Waals surface area contributed by atoms with Gasteiger partial charge in [-0.15, -0.1) is 11.3 Å². The maximum absolute atomic E-state index is 13.1. The monoisotopic (exact) mass is 298 g/mol. The van der Waals surface area contributed by atoms with Crippen LogP contribution in [0.4, 0.5) is 10.1 Å². The summed E-state index contributed by atoms with van der Waals surface area (Å²) in [6, 6.07) is 15.3. The molecule has 104 valence electrons. The number of halogens is 1. The van der Waals surface area contributed by atoms with Crippen molar-refractivity contribution < 1.29 is 9.18 Å². The summed E-state index contributed by atoms with van der Waals surface area (Å²) >= 11 is 1.26. The number of thiazole rings is 1. The number of carbonyl (C=O) groups excluding carboxylic acids is 1. The molecule has 1 aromatic heterocycles. The fourth-order valence-corrected chi connectivity index (χ4v) is 2.67. The van der Waals surface area contributed by atoms with Gasteiger partial charge in [-0.2, -0.15) is 0 Å². The Balaban J connectivity index is 1.88. The van der Waals surface area contributed by atoms with E-state index in [1.165, 1.54) is 23.5 Å². The van der Waals surface area contributed by atoms with E-state index in [0.717, 1.165) is 5.56 Å². The van der Waals surface area contributed by atoms with Gasteiger partial charge in [-0.05, 0) is 18.2 Å². The lowest BCUT2D eigenvalue weighted by Crippen LogP contribution is -2.11. The summed E-state index contributed by atoms with van der Waals surface area (Å²) < 4.78 is 13.1. The van der Waals surface area contributed by atoms with Crippen molar-refractivity contribution in [3.63, 3.8) is 0 Å². The van der Waals surface area contributed by atoms with Crippen LogP contribution >= 0.6 is 11.3 Å². The van der Waals surface area contributed by atoms with Crippen LogP contribution in [0.25, 0.3) is 11.3 Å². The van der Waals surface area contributed by atoms with E-state index in [1.54, 1.807) is 17.6 Å². The van der Waals surface area contributed by atoms with Gasteiger partial charge in [0.15, 0.2) is 0 Å². The predicted octanol–water partition coefficient (Wildman–Crippen LogP) is 4.20. The molecule has 1 heterocycles. The van der Waals surface area contributed by atoms with E-state index >= 15 is 0 Å². The fourth-order valence-electron chi connectivity index (χ4n) is 1.96. The average Bonchev–Trinajstić information content (AvgIpc) is 2.98. The van der Waals surface area contributed by atoms with Crippen LogP contribution in [0.2, 0.25) is 0 Å². The quantitative estimate of drug-likeness (QED) is 0.787. The van der Waals surface area contributed by atoms with E-state index in [9.17, 15) is 9.18 Å². The highest BCUT2D eigenvalue weighted by molar-refractivity contribution is 7.12. The number of nitrogens with zero attached hydrogens (tertiary/aromatic N) is 1. The molecular weight excluding hydrogens is 287 g/mol. The van der Waals surface area contributed by atoms with Gasteiger partial charge in [0.25, 0.3) is 5.91 Å². The average molecular weight is 298 g/mol. The Morgan fingerprint density at radius 3 is 2.67 bits per heavy atom. The second-order valence-corrected chi connectivity index (χ2v) is 5.22. The Bertz CT molecular complexity index is 771. The zero-order chi connectivity index (χ0) is 14.7. The Morgan fingerprint density at radius 2 is 1.90 bits per heavy atom. The van der Waals surface area contributed by atoms with Gasteiger partial charge in [0.05, 0.1) is 11.2 Å². The van der Waals surface area contributed by atoms with Crippen LogP contribution in [0.1, 0.15) is 9.67 Å². The molecule has 0 unspecified atom stereocenters. The summed E-state index contributed by atoms with van der Waals surface area (Å²) in [6.07, 6.45) is 0. The highest BCUT2D eigenvalue weighted by Gasteiger charge is 2.16. The summed E-state index contributed by atoms with van der Waals surface area (Å²) in [5.41, 5.74) is 3.56. The summed E-state index contributed by atoms with van der Waals surface area (Å²) in [4.78, 5) is 17.1. The van der Waals surface area contributed by atoms with Crippen LogP contribution in [0, 0.1) is 5.82 Å². The highest BCUT2D eigenvalue weighted by Crippen LogP contribution is 2.26. The number of amides is 1. The summed E-state index contributed by atoms with van der Waals surface area (Å²) in [5, 5.41) is 2.69. The lowest BCUT2D eigenvalue weighted by Gasteiger charge is -2.05. The van der Waals surface area contributed by atoms with E-state index in [2.05, 4.69) is 10.3 Å². The third kappa shape index (κ3) is 2.98. The molecule has 21 heavy (non-hydrogen) atoms. The minimum atomic E-state index is -0.389. The van der Waals surface area contributed by atoms with Gasteiger partial charge in [0.1, 0.15) is 10.7 Å². The molecule has 5 heteroatoms. The van der Waals surface area contributed by atoms with Crippen LogP contribution < -0.4 is 5.32 Å². The Hall–Kier alpha value is -2.53. The third-order valence-electron chi connectivity index (χ3n) is 2.90. The Morgan fingerprint density at radius 1 is 1.10 bits per heavy atom. The largest absolute Gasteiger partial charge is 0.321 e. The zero-order valence-corrected chi connectivity index (χ0v) is 11.7. The van der Waals surface area contributed by atoms with E-state index < -0.39 is 0 Å². The first-order valence-corrected chi connectivity index (χ1v) is 7.18. The van der Waals surface area contributed by atoms with Crippen molar-refractivity contribution >= 4 is 22.9 Å². The summed E-state index contributed by atoms with van der Waals surface area (Å²) in [5.74, 6) is -0.678. The highest BCUT2D eigenvalue weighted by atomic mass is 32.1. The van der Waals surface area contributed by atoms with E-state index in [-0.39, 0.29) is 11.7 Å². The number of hydrogen-bond acceptors (Lipinski definition) is 3. The van der Waals surface area contributed by atoms with Gasteiger partial charge >= 0.3 is 0 Å². The van der Waals surface area contributed by atoms with Crippen molar-refractivity contribution in [2.45, 2.75) is 0 Å². The summed E-state index contributed by atoms with van der Waals surface area (Å²) in [6.45, 7) is 0. The molecule has 0 aliphatic heterocycles. The first-order chi connectivity index (χ1) is 10.2. The van der Waals surface area contributed by atoms with Gasteiger partial charge in [0.2, 0.25) is 0 Å². The van der Waals surface area contributed by atoms with E-state index in [1.807, 2.05) is 30.3 Å². The minimum Gasteiger partial charge on any atom is -0.321 e. The van der Waals surface area contributed by atoms with Crippen molar-refractivity contribution in [3.05, 3.63) is 70.8 Å². The first-order valence-electron chi connectivity index (χ1n) is 6.30. The van der Waals surface area contributed by atoms with Crippen molar-refractivity contribution in [3.8, 4) is 11.3 Å². The number of aromatic nitrogens is 1. The molecule has 2 aromatic carbocycles. The van der Waals surface area contributed by atoms with Crippen molar-refractivity contribution in [2.75, 3.05) is 5.32 Å². The van der Waals surface area contributed by atoms with Crippen LogP contribution in [0.15, 0.2) is 60.1 Å². The molecule has 0 aliphatic rings. The lowest BCUT2D eigenvalue weighted by molar-refractivity contribution is 0.103. The molecule has 0 saturated carbocycles. The normalized spacial score (nSPS) is 10.3. The Labute approximate surface area is 125 Å². The maximum atomic E-state index is 13.1. The van der Waals surface area contributed by atoms with Crippen molar-refractivity contribution in [2.24, 2.45) is 0 Å². The van der Waals surface area contributed by atoms with Crippen LogP contribution in [-0.4, -0.2) is 10.9 Å². The molecule has 3 aromatic rings. The SMILES string of the molecule is O=C(Nc1cccc(F)c1)c1scnc1-c1ccccc1. The number of nitrogens with one attached hydrogen (secondary N) is 1. The molecular formula is C16H11FN2OS. The molecule has 3 nitrogen and oxygen atoms in total. The van der Waals surface area contributed by atoms with E-state index in [4.69, 9.17) is 0 Å². The molecule has 0 aliphatic carbocycles. The van der Waals surface area contributed by atoms with Crippen LogP contribution in [0.5, 0.6) is 0 Å². The third-order valence-corrected chi connectivity index (χ3v) is 3.73. The molecule has 0 atom stereocenters. The summed E-state index contributed by atoms with van der Waals surface area (Å²) in [7, 11) is 0. The van der Waals surface area contributed by atoms with Gasteiger partial charge in [-0.25, -0.2) is 9.37 Å². The van der Waals surface area contributed by atoms with Crippen molar-refractivity contribution in [1.29, 1.82) is 0 Å². The zero-order valence-electron chi connectivity index (χ0n) is 10.9. The number of hydrogen-bond donors (Lipinski definition) is 1. The predicted molar refractivity (Wildman–Crippen MR) is 81.9 cm³/mol. The number of rotatable bonds is 3. The lowest BCUT2D eigenvalue weighted by atomic mass is 10.1. The standard InChI is InChI=1S/C16H11FN2OS/c17-12-7-4-8-13(9-12)19-16(20)15-14(18-10-21-15)11-5-2-1-3-6-11/h1-10H,(H,19,20). The van der Waals surface area contributed by atoms with Crippen molar-refractivity contribution in [1.82, 2.24) is 4.98 Å². The molecule has 0 fully saturated rings. The van der Waals surface area contributed by atoms with Gasteiger partial charge < -0.3 is 5.32 Å². The maximum Gasteiger partial charge on any atom is 0.268 e. The number of benzene rings is 2. The number of carbonyl (C=O) groups is 1. The second kappa shape index (κ2) is 5.85. The molecule has 1 amide bonds. The van der Waals surface area contributed by atoms with Gasteiger partial charge in [-0.1, -0.05) is 36.4 Å². The molecule has 0 saturated heterocycles. The van der Waals surface area contributed by atoms with Crippen LogP contribution in [0.3, 0.4) is 0 Å². The first kappa shape index (κ1) is 13.5. The van der Waals surface area contributed by atoms with Gasteiger partial charge in [0, 0.05) is 11.3 Å². The van der Waals surface area contributed by atoms with Gasteiger partial charge in [-0.3, -0.25) is 4.79 Å². The Kier molecular flexibility index (Phi) is 3.75. The molecule has 0 spiro atoms. The molecule has 3 rings (SSSR count). The topological polar surface area (TPSA) is 42.0 Å². The smallest absolute Gasteiger partial charge is 0.268 e. The molecule has 1 N–H and O–H groups in total. The van der Waals surface area contributed by atoms with Crippen LogP contribution in [-0.2, 0) is 0 Å².